The largest absolute Gasteiger partial charge is 0.862 e. The first-order valence-electron chi connectivity index (χ1n) is 6.12. The van der Waals surface area contributed by atoms with Crippen molar-refractivity contribution < 1.29 is 19.4 Å². The summed E-state index contributed by atoms with van der Waals surface area (Å²) < 4.78 is 6.40. The van der Waals surface area contributed by atoms with E-state index in [0.29, 0.717) is 15.7 Å². The van der Waals surface area contributed by atoms with Crippen molar-refractivity contribution in [2.75, 3.05) is 0 Å². The number of hydrogen-bond acceptors (Lipinski definition) is 5. The second-order valence-corrected chi connectivity index (χ2v) is 5.31. The molecule has 0 bridgehead atoms. The highest BCUT2D eigenvalue weighted by atomic mass is 35.5. The first-order valence-corrected chi connectivity index (χ1v) is 6.88. The van der Waals surface area contributed by atoms with Crippen LogP contribution < -0.4 is 9.79 Å². The molecule has 6 nitrogen and oxygen atoms in total. The molecule has 0 aliphatic rings. The summed E-state index contributed by atoms with van der Waals surface area (Å²) in [6.07, 6.45) is -0.902. The van der Waals surface area contributed by atoms with E-state index in [9.17, 15) is 10.2 Å². The predicted molar refractivity (Wildman–Crippen MR) is 75.7 cm³/mol. The molecule has 2 rings (SSSR count). The summed E-state index contributed by atoms with van der Waals surface area (Å²) in [5.74, 6) is -0.452. The maximum absolute atomic E-state index is 11.1. The third-order valence-corrected chi connectivity index (χ3v) is 3.30. The number of aliphatic imine (C=N–C) groups is 1. The van der Waals surface area contributed by atoms with Crippen molar-refractivity contribution in [1.82, 2.24) is 5.27 Å². The number of rotatable bonds is 4. The zero-order valence-corrected chi connectivity index (χ0v) is 12.9. The Morgan fingerprint density at radius 3 is 2.81 bits per heavy atom. The highest BCUT2D eigenvalue weighted by Gasteiger charge is 2.29. The molecule has 0 amide bonds. The van der Waals surface area contributed by atoms with Gasteiger partial charge in [-0.3, -0.25) is 4.52 Å². The van der Waals surface area contributed by atoms with E-state index >= 15 is 0 Å². The molecule has 21 heavy (non-hydrogen) atoms. The van der Waals surface area contributed by atoms with E-state index in [2.05, 4.69) is 10.3 Å². The molecule has 0 aliphatic carbocycles. The maximum Gasteiger partial charge on any atom is 0.326 e. The minimum atomic E-state index is -0.902. The van der Waals surface area contributed by atoms with Crippen LogP contribution in [-0.2, 0) is 6.54 Å². The highest BCUT2D eigenvalue weighted by molar-refractivity contribution is 6.35. The summed E-state index contributed by atoms with van der Waals surface area (Å²) in [6, 6.07) is 5.06. The Kier molecular flexibility index (Phi) is 4.82. The molecule has 0 aliphatic heterocycles. The molecule has 0 fully saturated rings. The number of hydrogen-bond donors (Lipinski definition) is 1. The van der Waals surface area contributed by atoms with Gasteiger partial charge in [0.2, 0.25) is 11.8 Å². The SMILES string of the molecule is C/C([O-])=N/c1on[n+](Cc2ccc(Cl)cc2Cl)c1C(C)O. The smallest absolute Gasteiger partial charge is 0.326 e. The monoisotopic (exact) mass is 329 g/mol. The van der Waals surface area contributed by atoms with Gasteiger partial charge in [-0.15, -0.1) is 0 Å². The summed E-state index contributed by atoms with van der Waals surface area (Å²) in [5, 5.41) is 25.7. The number of aliphatic hydroxyl groups is 1. The minimum absolute atomic E-state index is 0.0115. The van der Waals surface area contributed by atoms with Crippen molar-refractivity contribution in [3.05, 3.63) is 39.5 Å². The zero-order chi connectivity index (χ0) is 15.6. The normalized spacial score (nSPS) is 13.5. The average Bonchev–Trinajstić information content (AvgIpc) is 2.74. The Hall–Kier alpha value is -1.63. The molecular weight excluding hydrogens is 317 g/mol. The second kappa shape index (κ2) is 6.43. The average molecular weight is 330 g/mol. The second-order valence-electron chi connectivity index (χ2n) is 4.46. The van der Waals surface area contributed by atoms with Gasteiger partial charge in [-0.1, -0.05) is 23.2 Å². The van der Waals surface area contributed by atoms with Crippen LogP contribution in [-0.4, -0.2) is 16.3 Å². The van der Waals surface area contributed by atoms with Crippen molar-refractivity contribution in [3.63, 3.8) is 0 Å². The molecule has 1 unspecified atom stereocenters. The van der Waals surface area contributed by atoms with Crippen LogP contribution >= 0.6 is 23.2 Å². The summed E-state index contributed by atoms with van der Waals surface area (Å²) in [4.78, 5) is 3.68. The van der Waals surface area contributed by atoms with E-state index in [4.69, 9.17) is 27.7 Å². The van der Waals surface area contributed by atoms with Crippen molar-refractivity contribution >= 4 is 35.0 Å². The molecule has 1 aromatic carbocycles. The van der Waals surface area contributed by atoms with Gasteiger partial charge in [0.15, 0.2) is 0 Å². The molecule has 1 N–H and O–H groups in total. The Labute approximate surface area is 131 Å². The number of halogens is 2. The topological polar surface area (TPSA) is 85.6 Å². The van der Waals surface area contributed by atoms with Crippen LogP contribution in [0, 0.1) is 0 Å². The summed E-state index contributed by atoms with van der Waals surface area (Å²) in [5.41, 5.74) is 1.05. The van der Waals surface area contributed by atoms with Crippen molar-refractivity contribution in [1.29, 1.82) is 0 Å². The third-order valence-electron chi connectivity index (χ3n) is 2.71. The maximum atomic E-state index is 11.1. The lowest BCUT2D eigenvalue weighted by Gasteiger charge is -2.02. The lowest BCUT2D eigenvalue weighted by atomic mass is 10.2. The molecule has 0 radical (unpaired) electrons. The standard InChI is InChI=1S/C13H13Cl2N3O3/c1-7(19)12-13(16-8(2)20)21-17-18(12)6-9-3-4-10(14)5-11(9)15/h3-5,7,19H,6H2,1-2H3. The number of aliphatic hydroxyl groups excluding tert-OH is 1. The van der Waals surface area contributed by atoms with Crippen LogP contribution in [0.3, 0.4) is 0 Å². The fraction of sp³-hybridized carbons (Fsp3) is 0.308. The van der Waals surface area contributed by atoms with E-state index in [1.807, 2.05) is 0 Å². The highest BCUT2D eigenvalue weighted by Crippen LogP contribution is 2.24. The van der Waals surface area contributed by atoms with Gasteiger partial charge in [-0.05, 0) is 42.6 Å². The van der Waals surface area contributed by atoms with E-state index < -0.39 is 12.0 Å². The Balaban J connectivity index is 2.40. The van der Waals surface area contributed by atoms with Gasteiger partial charge >= 0.3 is 11.6 Å². The molecule has 0 spiro atoms. The van der Waals surface area contributed by atoms with Crippen LogP contribution in [0.5, 0.6) is 0 Å². The molecule has 0 saturated heterocycles. The van der Waals surface area contributed by atoms with Gasteiger partial charge in [-0.2, -0.15) is 0 Å². The van der Waals surface area contributed by atoms with Crippen molar-refractivity contribution in [2.45, 2.75) is 26.5 Å². The molecule has 2 aromatic rings. The van der Waals surface area contributed by atoms with E-state index in [0.717, 1.165) is 5.56 Å². The fourth-order valence-electron chi connectivity index (χ4n) is 1.83. The van der Waals surface area contributed by atoms with Gasteiger partial charge in [0.05, 0.1) is 5.02 Å². The lowest BCUT2D eigenvalue weighted by molar-refractivity contribution is -0.763. The van der Waals surface area contributed by atoms with Crippen molar-refractivity contribution in [2.24, 2.45) is 4.99 Å². The lowest BCUT2D eigenvalue weighted by Crippen LogP contribution is -2.40. The summed E-state index contributed by atoms with van der Waals surface area (Å²) in [7, 11) is 0. The first kappa shape index (κ1) is 15.8. The Morgan fingerprint density at radius 1 is 1.52 bits per heavy atom. The molecular formula is C13H13Cl2N3O3. The molecule has 112 valence electrons. The van der Waals surface area contributed by atoms with E-state index in [1.165, 1.54) is 18.5 Å². The Morgan fingerprint density at radius 2 is 2.24 bits per heavy atom. The van der Waals surface area contributed by atoms with Gasteiger partial charge in [0.1, 0.15) is 6.10 Å². The molecule has 1 heterocycles. The van der Waals surface area contributed by atoms with Crippen LogP contribution in [0.25, 0.3) is 0 Å². The molecule has 0 saturated carbocycles. The number of benzene rings is 1. The van der Waals surface area contributed by atoms with Crippen molar-refractivity contribution in [3.8, 4) is 0 Å². The fourth-order valence-corrected chi connectivity index (χ4v) is 2.30. The number of aromatic nitrogens is 2. The third kappa shape index (κ3) is 3.72. The molecule has 1 atom stereocenters. The van der Waals surface area contributed by atoms with Crippen LogP contribution in [0.15, 0.2) is 27.7 Å². The first-order chi connectivity index (χ1) is 9.88. The predicted octanol–water partition coefficient (Wildman–Crippen LogP) is 1.78. The number of nitrogens with zero attached hydrogens (tertiary/aromatic N) is 3. The van der Waals surface area contributed by atoms with Crippen LogP contribution in [0.2, 0.25) is 10.0 Å². The van der Waals surface area contributed by atoms with E-state index in [1.54, 1.807) is 18.2 Å². The zero-order valence-electron chi connectivity index (χ0n) is 11.4. The quantitative estimate of drug-likeness (QED) is 0.526. The van der Waals surface area contributed by atoms with Gasteiger partial charge < -0.3 is 10.2 Å². The minimum Gasteiger partial charge on any atom is -0.862 e. The van der Waals surface area contributed by atoms with Gasteiger partial charge in [0.25, 0.3) is 0 Å². The van der Waals surface area contributed by atoms with Crippen LogP contribution in [0.1, 0.15) is 31.2 Å². The van der Waals surface area contributed by atoms with Crippen LogP contribution in [0.4, 0.5) is 5.88 Å². The van der Waals surface area contributed by atoms with E-state index in [-0.39, 0.29) is 12.4 Å². The molecule has 1 aromatic heterocycles. The molecule has 8 heteroatoms. The summed E-state index contributed by atoms with van der Waals surface area (Å²) >= 11 is 12.0. The van der Waals surface area contributed by atoms with Gasteiger partial charge in [-0.25, -0.2) is 4.99 Å². The van der Waals surface area contributed by atoms with Gasteiger partial charge in [0, 0.05) is 10.6 Å². The Bertz CT molecular complexity index is 679. The summed E-state index contributed by atoms with van der Waals surface area (Å²) in [6.45, 7) is 3.08.